The minimum atomic E-state index is -0.236. The van der Waals surface area contributed by atoms with Gasteiger partial charge in [-0.1, -0.05) is 29.8 Å². The normalized spacial score (nSPS) is 13.3. The topological polar surface area (TPSA) is 54.0 Å². The molecule has 2 N–H and O–H groups in total. The fourth-order valence-corrected chi connectivity index (χ4v) is 2.20. The summed E-state index contributed by atoms with van der Waals surface area (Å²) in [6.45, 7) is 3.81. The highest BCUT2D eigenvalue weighted by molar-refractivity contribution is 6.30. The molecule has 0 unspecified atom stereocenters. The first-order valence-electron chi connectivity index (χ1n) is 6.79. The molecule has 1 aromatic heterocycles. The standard InChI is InChI=1S/C16H18ClN3O/c1-11(13-6-5-7-14(17)10-13)19-16(21)20-12(2)15-8-3-4-9-18-15/h3-12H,1-2H3,(H2,19,20,21)/t11-,12-/m1/s1. The van der Waals surface area contributed by atoms with Crippen molar-refractivity contribution in [2.24, 2.45) is 0 Å². The van der Waals surface area contributed by atoms with Crippen LogP contribution in [0.1, 0.15) is 37.2 Å². The molecule has 1 heterocycles. The second-order valence-electron chi connectivity index (χ2n) is 4.87. The van der Waals surface area contributed by atoms with Crippen molar-refractivity contribution in [3.63, 3.8) is 0 Å². The van der Waals surface area contributed by atoms with Crippen LogP contribution in [0.4, 0.5) is 4.79 Å². The van der Waals surface area contributed by atoms with Crippen molar-refractivity contribution in [1.82, 2.24) is 15.6 Å². The monoisotopic (exact) mass is 303 g/mol. The van der Waals surface area contributed by atoms with Gasteiger partial charge in [0.2, 0.25) is 0 Å². The summed E-state index contributed by atoms with van der Waals surface area (Å²) in [6.07, 6.45) is 1.71. The minimum absolute atomic E-state index is 0.125. The van der Waals surface area contributed by atoms with Crippen LogP contribution < -0.4 is 10.6 Å². The van der Waals surface area contributed by atoms with E-state index < -0.39 is 0 Å². The molecule has 4 nitrogen and oxygen atoms in total. The highest BCUT2D eigenvalue weighted by atomic mass is 35.5. The number of rotatable bonds is 4. The Labute approximate surface area is 129 Å². The van der Waals surface area contributed by atoms with Gasteiger partial charge >= 0.3 is 6.03 Å². The van der Waals surface area contributed by atoms with E-state index in [1.54, 1.807) is 12.3 Å². The van der Waals surface area contributed by atoms with E-state index in [-0.39, 0.29) is 18.1 Å². The van der Waals surface area contributed by atoms with Crippen molar-refractivity contribution in [2.45, 2.75) is 25.9 Å². The highest BCUT2D eigenvalue weighted by Crippen LogP contribution is 2.17. The van der Waals surface area contributed by atoms with Gasteiger partial charge in [-0.3, -0.25) is 4.98 Å². The number of hydrogen-bond donors (Lipinski definition) is 2. The molecule has 2 rings (SSSR count). The molecule has 5 heteroatoms. The third-order valence-electron chi connectivity index (χ3n) is 3.18. The average Bonchev–Trinajstić information content (AvgIpc) is 2.48. The largest absolute Gasteiger partial charge is 0.332 e. The van der Waals surface area contributed by atoms with Crippen molar-refractivity contribution in [1.29, 1.82) is 0 Å². The molecule has 0 aliphatic carbocycles. The van der Waals surface area contributed by atoms with Gasteiger partial charge in [0, 0.05) is 11.2 Å². The Balaban J connectivity index is 1.92. The van der Waals surface area contributed by atoms with Crippen molar-refractivity contribution >= 4 is 17.6 Å². The predicted octanol–water partition coefficient (Wildman–Crippen LogP) is 3.86. The van der Waals surface area contributed by atoms with E-state index in [4.69, 9.17) is 11.6 Å². The Bertz CT molecular complexity index is 603. The van der Waals surface area contributed by atoms with Crippen molar-refractivity contribution < 1.29 is 4.79 Å². The zero-order chi connectivity index (χ0) is 15.2. The Morgan fingerprint density at radius 2 is 1.86 bits per heavy atom. The Kier molecular flexibility index (Phi) is 5.17. The van der Waals surface area contributed by atoms with E-state index in [2.05, 4.69) is 15.6 Å². The van der Waals surface area contributed by atoms with Crippen molar-refractivity contribution in [2.75, 3.05) is 0 Å². The fraction of sp³-hybridized carbons (Fsp3) is 0.250. The maximum Gasteiger partial charge on any atom is 0.315 e. The molecule has 0 saturated heterocycles. The highest BCUT2D eigenvalue weighted by Gasteiger charge is 2.13. The molecule has 1 aromatic carbocycles. The summed E-state index contributed by atoms with van der Waals surface area (Å²) in [5.41, 5.74) is 1.78. The molecule has 2 atom stereocenters. The van der Waals surface area contributed by atoms with Crippen LogP contribution in [-0.2, 0) is 0 Å². The van der Waals surface area contributed by atoms with Crippen LogP contribution in [0.5, 0.6) is 0 Å². The number of nitrogens with zero attached hydrogens (tertiary/aromatic N) is 1. The van der Waals surface area contributed by atoms with Crippen molar-refractivity contribution in [3.8, 4) is 0 Å². The number of pyridine rings is 1. The molecule has 2 aromatic rings. The lowest BCUT2D eigenvalue weighted by Crippen LogP contribution is -2.38. The SMILES string of the molecule is C[C@@H](NC(=O)N[C@H](C)c1ccccn1)c1cccc(Cl)c1. The van der Waals surface area contributed by atoms with Gasteiger partial charge in [-0.15, -0.1) is 0 Å². The summed E-state index contributed by atoms with van der Waals surface area (Å²) in [5.74, 6) is 0. The number of urea groups is 1. The van der Waals surface area contributed by atoms with E-state index in [1.165, 1.54) is 0 Å². The first-order valence-corrected chi connectivity index (χ1v) is 7.17. The quantitative estimate of drug-likeness (QED) is 0.901. The van der Waals surface area contributed by atoms with Gasteiger partial charge in [0.15, 0.2) is 0 Å². The zero-order valence-corrected chi connectivity index (χ0v) is 12.8. The van der Waals surface area contributed by atoms with Gasteiger partial charge in [0.05, 0.1) is 17.8 Å². The molecule has 0 aliphatic heterocycles. The number of hydrogen-bond acceptors (Lipinski definition) is 2. The van der Waals surface area contributed by atoms with Gasteiger partial charge in [0.1, 0.15) is 0 Å². The number of amides is 2. The molecule has 0 saturated carbocycles. The lowest BCUT2D eigenvalue weighted by atomic mass is 10.1. The van der Waals surface area contributed by atoms with E-state index in [1.807, 2.05) is 50.2 Å². The Morgan fingerprint density at radius 1 is 1.10 bits per heavy atom. The molecule has 0 bridgehead atoms. The third kappa shape index (κ3) is 4.46. The van der Waals surface area contributed by atoms with E-state index in [0.29, 0.717) is 5.02 Å². The van der Waals surface area contributed by atoms with Crippen LogP contribution in [-0.4, -0.2) is 11.0 Å². The first-order chi connectivity index (χ1) is 10.1. The van der Waals surface area contributed by atoms with E-state index in [9.17, 15) is 4.79 Å². The summed E-state index contributed by atoms with van der Waals surface area (Å²) in [7, 11) is 0. The average molecular weight is 304 g/mol. The smallest absolute Gasteiger partial charge is 0.315 e. The lowest BCUT2D eigenvalue weighted by molar-refractivity contribution is 0.234. The van der Waals surface area contributed by atoms with Crippen LogP contribution in [0, 0.1) is 0 Å². The molecule has 0 radical (unpaired) electrons. The molecular formula is C16H18ClN3O. The Morgan fingerprint density at radius 3 is 2.52 bits per heavy atom. The molecule has 110 valence electrons. The van der Waals surface area contributed by atoms with Gasteiger partial charge < -0.3 is 10.6 Å². The third-order valence-corrected chi connectivity index (χ3v) is 3.41. The van der Waals surface area contributed by atoms with Crippen LogP contribution in [0.2, 0.25) is 5.02 Å². The van der Waals surface area contributed by atoms with Crippen LogP contribution in [0.25, 0.3) is 0 Å². The fourth-order valence-electron chi connectivity index (χ4n) is 2.00. The lowest BCUT2D eigenvalue weighted by Gasteiger charge is -2.18. The van der Waals surface area contributed by atoms with Gasteiger partial charge in [-0.2, -0.15) is 0 Å². The molecule has 2 amide bonds. The van der Waals surface area contributed by atoms with Gasteiger partial charge in [0.25, 0.3) is 0 Å². The Hall–Kier alpha value is -2.07. The maximum atomic E-state index is 12.0. The summed E-state index contributed by atoms with van der Waals surface area (Å²) >= 11 is 5.95. The van der Waals surface area contributed by atoms with Gasteiger partial charge in [-0.05, 0) is 43.7 Å². The molecule has 0 spiro atoms. The summed E-state index contributed by atoms with van der Waals surface area (Å²) in [6, 6.07) is 12.5. The number of nitrogens with one attached hydrogen (secondary N) is 2. The number of benzene rings is 1. The van der Waals surface area contributed by atoms with E-state index >= 15 is 0 Å². The predicted molar refractivity (Wildman–Crippen MR) is 84.2 cm³/mol. The second-order valence-corrected chi connectivity index (χ2v) is 5.31. The molecule has 0 aliphatic rings. The number of halogens is 1. The summed E-state index contributed by atoms with van der Waals surface area (Å²) in [5, 5.41) is 6.41. The molecular weight excluding hydrogens is 286 g/mol. The summed E-state index contributed by atoms with van der Waals surface area (Å²) < 4.78 is 0. The van der Waals surface area contributed by atoms with Crippen molar-refractivity contribution in [3.05, 3.63) is 64.9 Å². The summed E-state index contributed by atoms with van der Waals surface area (Å²) in [4.78, 5) is 16.2. The second kappa shape index (κ2) is 7.09. The van der Waals surface area contributed by atoms with Crippen LogP contribution in [0.15, 0.2) is 48.7 Å². The maximum absolute atomic E-state index is 12.0. The molecule has 0 fully saturated rings. The number of carbonyl (C=O) groups excluding carboxylic acids is 1. The first kappa shape index (κ1) is 15.3. The van der Waals surface area contributed by atoms with Gasteiger partial charge in [-0.25, -0.2) is 4.79 Å². The van der Waals surface area contributed by atoms with Crippen LogP contribution in [0.3, 0.4) is 0 Å². The molecule has 21 heavy (non-hydrogen) atoms. The zero-order valence-electron chi connectivity index (χ0n) is 12.0. The number of aromatic nitrogens is 1. The van der Waals surface area contributed by atoms with E-state index in [0.717, 1.165) is 11.3 Å². The minimum Gasteiger partial charge on any atom is -0.332 e. The number of carbonyl (C=O) groups is 1. The van der Waals surface area contributed by atoms with Crippen LogP contribution >= 0.6 is 11.6 Å².